The first kappa shape index (κ1) is 21.6. The molecule has 1 aliphatic rings. The molecule has 0 unspecified atom stereocenters. The largest absolute Gasteiger partial charge is 0.349 e. The van der Waals surface area contributed by atoms with Gasteiger partial charge >= 0.3 is 0 Å². The lowest BCUT2D eigenvalue weighted by molar-refractivity contribution is 0.0917. The Morgan fingerprint density at radius 1 is 1.14 bits per heavy atom. The Morgan fingerprint density at radius 2 is 1.76 bits per heavy atom. The van der Waals surface area contributed by atoms with Gasteiger partial charge in [0.05, 0.1) is 10.6 Å². The maximum atomic E-state index is 13.0. The minimum absolute atomic E-state index is 0.138. The predicted octanol–water partition coefficient (Wildman–Crippen LogP) is 3.30. The topological polar surface area (TPSA) is 69.7 Å². The fraction of sp³-hybridized carbons (Fsp3) is 0.381. The number of nitrogens with one attached hydrogen (secondary N) is 1. The Balaban J connectivity index is 1.82. The van der Waals surface area contributed by atoms with Gasteiger partial charge in [0.1, 0.15) is 0 Å². The lowest BCUT2D eigenvalue weighted by Gasteiger charge is -2.29. The van der Waals surface area contributed by atoms with E-state index in [1.807, 2.05) is 6.92 Å². The summed E-state index contributed by atoms with van der Waals surface area (Å²) in [4.78, 5) is 15.1. The first-order valence-electron chi connectivity index (χ1n) is 9.53. The molecule has 0 radical (unpaired) electrons. The summed E-state index contributed by atoms with van der Waals surface area (Å²) in [6.07, 6.45) is 1.82. The number of carbonyl (C=O) groups excluding carboxylic acids is 1. The van der Waals surface area contributed by atoms with Crippen LogP contribution in [0.25, 0.3) is 0 Å². The smallest absolute Gasteiger partial charge is 0.264 e. The molecule has 0 aliphatic carbocycles. The maximum absolute atomic E-state index is 13.0. The zero-order valence-electron chi connectivity index (χ0n) is 16.9. The molecule has 1 amide bonds. The molecule has 3 rings (SSSR count). The number of sulfonamides is 1. The molecule has 1 heterocycles. The molecule has 2 aromatic rings. The molecular formula is C21H26ClN3O3S. The number of aryl methyl sites for hydroxylation is 1. The van der Waals surface area contributed by atoms with Crippen molar-refractivity contribution in [3.63, 3.8) is 0 Å². The Hall–Kier alpha value is -2.09. The third-order valence-electron chi connectivity index (χ3n) is 5.34. The van der Waals surface area contributed by atoms with Gasteiger partial charge in [0.2, 0.25) is 0 Å². The van der Waals surface area contributed by atoms with Crippen LogP contribution in [0, 0.1) is 6.92 Å². The summed E-state index contributed by atoms with van der Waals surface area (Å²) < 4.78 is 27.2. The van der Waals surface area contributed by atoms with E-state index in [4.69, 9.17) is 11.6 Å². The number of amides is 1. The average molecular weight is 436 g/mol. The fourth-order valence-corrected chi connectivity index (χ4v) is 4.78. The molecule has 0 aromatic heterocycles. The molecular weight excluding hydrogens is 410 g/mol. The SMILES string of the molecule is Cc1ccc(C(=O)NC2CCN(C)CC2)cc1N(C)S(=O)(=O)c1ccc(Cl)cc1. The minimum Gasteiger partial charge on any atom is -0.349 e. The highest BCUT2D eigenvalue weighted by molar-refractivity contribution is 7.92. The van der Waals surface area contributed by atoms with E-state index in [0.29, 0.717) is 16.3 Å². The fourth-order valence-electron chi connectivity index (χ4n) is 3.41. The van der Waals surface area contributed by atoms with E-state index in [1.165, 1.54) is 23.5 Å². The number of rotatable bonds is 5. The van der Waals surface area contributed by atoms with E-state index in [1.54, 1.807) is 30.3 Å². The van der Waals surface area contributed by atoms with Crippen LogP contribution >= 0.6 is 11.6 Å². The number of anilines is 1. The van der Waals surface area contributed by atoms with Gasteiger partial charge < -0.3 is 10.2 Å². The van der Waals surface area contributed by atoms with Gasteiger partial charge in [-0.05, 0) is 81.9 Å². The molecule has 1 saturated heterocycles. The maximum Gasteiger partial charge on any atom is 0.264 e. The summed E-state index contributed by atoms with van der Waals surface area (Å²) in [7, 11) is -0.208. The van der Waals surface area contributed by atoms with Crippen LogP contribution in [0.3, 0.4) is 0 Å². The van der Waals surface area contributed by atoms with Crippen LogP contribution in [0.2, 0.25) is 5.02 Å². The summed E-state index contributed by atoms with van der Waals surface area (Å²) in [6, 6.07) is 11.3. The van der Waals surface area contributed by atoms with Gasteiger partial charge in [-0.25, -0.2) is 8.42 Å². The number of hydrogen-bond donors (Lipinski definition) is 1. The van der Waals surface area contributed by atoms with Crippen molar-refractivity contribution in [3.05, 3.63) is 58.6 Å². The summed E-state index contributed by atoms with van der Waals surface area (Å²) in [5.41, 5.74) is 1.68. The Bertz CT molecular complexity index is 985. The molecule has 156 valence electrons. The van der Waals surface area contributed by atoms with Crippen LogP contribution in [0.15, 0.2) is 47.4 Å². The number of hydrogen-bond acceptors (Lipinski definition) is 4. The Kier molecular flexibility index (Phi) is 6.51. The normalized spacial score (nSPS) is 15.9. The van der Waals surface area contributed by atoms with Crippen molar-refractivity contribution in [3.8, 4) is 0 Å². The van der Waals surface area contributed by atoms with Crippen LogP contribution in [-0.2, 0) is 10.0 Å². The third-order valence-corrected chi connectivity index (χ3v) is 7.37. The van der Waals surface area contributed by atoms with E-state index in [9.17, 15) is 13.2 Å². The standard InChI is InChI=1S/C21H26ClN3O3S/c1-15-4-5-16(21(26)23-18-10-12-24(2)13-11-18)14-20(15)25(3)29(27,28)19-8-6-17(22)7-9-19/h4-9,14,18H,10-13H2,1-3H3,(H,23,26). The average Bonchev–Trinajstić information content (AvgIpc) is 2.70. The van der Waals surface area contributed by atoms with E-state index in [0.717, 1.165) is 31.5 Å². The van der Waals surface area contributed by atoms with Crippen molar-refractivity contribution < 1.29 is 13.2 Å². The van der Waals surface area contributed by atoms with Crippen molar-refractivity contribution in [1.29, 1.82) is 0 Å². The molecule has 0 atom stereocenters. The first-order valence-corrected chi connectivity index (χ1v) is 11.3. The third kappa shape index (κ3) is 4.91. The van der Waals surface area contributed by atoms with E-state index in [-0.39, 0.29) is 16.8 Å². The Labute approximate surface area is 177 Å². The monoisotopic (exact) mass is 435 g/mol. The minimum atomic E-state index is -3.77. The van der Waals surface area contributed by atoms with Gasteiger partial charge in [0, 0.05) is 23.7 Å². The summed E-state index contributed by atoms with van der Waals surface area (Å²) >= 11 is 5.87. The molecule has 6 nitrogen and oxygen atoms in total. The Morgan fingerprint density at radius 3 is 2.38 bits per heavy atom. The number of halogens is 1. The van der Waals surface area contributed by atoms with Crippen LogP contribution in [0.1, 0.15) is 28.8 Å². The van der Waals surface area contributed by atoms with Crippen LogP contribution in [0.5, 0.6) is 0 Å². The van der Waals surface area contributed by atoms with E-state index < -0.39 is 10.0 Å². The van der Waals surface area contributed by atoms with Gasteiger partial charge in [0.15, 0.2) is 0 Å². The van der Waals surface area contributed by atoms with Crippen molar-refractivity contribution in [2.45, 2.75) is 30.7 Å². The summed E-state index contributed by atoms with van der Waals surface area (Å²) in [6.45, 7) is 3.72. The van der Waals surface area contributed by atoms with E-state index >= 15 is 0 Å². The van der Waals surface area contributed by atoms with Gasteiger partial charge in [-0.15, -0.1) is 0 Å². The lowest BCUT2D eigenvalue weighted by atomic mass is 10.0. The summed E-state index contributed by atoms with van der Waals surface area (Å²) in [5.74, 6) is -0.182. The van der Waals surface area contributed by atoms with Crippen LogP contribution in [0.4, 0.5) is 5.69 Å². The molecule has 1 fully saturated rings. The number of nitrogens with zero attached hydrogens (tertiary/aromatic N) is 2. The highest BCUT2D eigenvalue weighted by atomic mass is 35.5. The number of likely N-dealkylation sites (tertiary alicyclic amines) is 1. The molecule has 0 saturated carbocycles. The van der Waals surface area contributed by atoms with Gasteiger partial charge in [-0.1, -0.05) is 17.7 Å². The second-order valence-electron chi connectivity index (χ2n) is 7.48. The zero-order valence-corrected chi connectivity index (χ0v) is 18.4. The quantitative estimate of drug-likeness (QED) is 0.782. The lowest BCUT2D eigenvalue weighted by Crippen LogP contribution is -2.43. The first-order chi connectivity index (χ1) is 13.7. The second kappa shape index (κ2) is 8.73. The van der Waals surface area contributed by atoms with Crippen molar-refractivity contribution in [2.24, 2.45) is 0 Å². The number of piperidine rings is 1. The van der Waals surface area contributed by atoms with Crippen molar-refractivity contribution in [1.82, 2.24) is 10.2 Å². The molecule has 29 heavy (non-hydrogen) atoms. The highest BCUT2D eigenvalue weighted by Gasteiger charge is 2.24. The van der Waals surface area contributed by atoms with Crippen molar-refractivity contribution in [2.75, 3.05) is 31.5 Å². The number of carbonyl (C=O) groups is 1. The second-order valence-corrected chi connectivity index (χ2v) is 9.88. The van der Waals surface area contributed by atoms with Gasteiger partial charge in [-0.3, -0.25) is 9.10 Å². The molecule has 2 aromatic carbocycles. The van der Waals surface area contributed by atoms with Gasteiger partial charge in [-0.2, -0.15) is 0 Å². The zero-order chi connectivity index (χ0) is 21.2. The molecule has 1 N–H and O–H groups in total. The molecule has 0 spiro atoms. The van der Waals surface area contributed by atoms with Gasteiger partial charge in [0.25, 0.3) is 15.9 Å². The summed E-state index contributed by atoms with van der Waals surface area (Å²) in [5, 5.41) is 3.54. The molecule has 1 aliphatic heterocycles. The molecule has 8 heteroatoms. The van der Waals surface area contributed by atoms with Crippen LogP contribution < -0.4 is 9.62 Å². The number of benzene rings is 2. The molecule has 0 bridgehead atoms. The predicted molar refractivity (Wildman–Crippen MR) is 116 cm³/mol. The highest BCUT2D eigenvalue weighted by Crippen LogP contribution is 2.27. The van der Waals surface area contributed by atoms with Crippen LogP contribution in [-0.4, -0.2) is 52.5 Å². The van der Waals surface area contributed by atoms with Crippen molar-refractivity contribution >= 4 is 33.2 Å². The van der Waals surface area contributed by atoms with E-state index in [2.05, 4.69) is 17.3 Å².